The molecule has 2 aromatic heterocycles. The van der Waals surface area contributed by atoms with E-state index in [2.05, 4.69) is 49.0 Å². The first-order chi connectivity index (χ1) is 12.7. The Hall–Kier alpha value is -2.73. The minimum Gasteiger partial charge on any atom is -0.369 e. The number of benzene rings is 1. The van der Waals surface area contributed by atoms with Gasteiger partial charge in [-0.3, -0.25) is 9.88 Å². The molecule has 26 heavy (non-hydrogen) atoms. The van der Waals surface area contributed by atoms with Crippen LogP contribution in [0.15, 0.2) is 49.1 Å². The summed E-state index contributed by atoms with van der Waals surface area (Å²) in [6.45, 7) is 5.13. The fourth-order valence-electron chi connectivity index (χ4n) is 3.50. The SMILES string of the molecule is CN(C)c1ncnc2ccc(N3CCN(Cc4cccnc4)CC3)cc12. The molecule has 1 saturated heterocycles. The van der Waals surface area contributed by atoms with Crippen LogP contribution in [-0.4, -0.2) is 60.1 Å². The molecule has 1 aliphatic heterocycles. The van der Waals surface area contributed by atoms with Gasteiger partial charge in [-0.2, -0.15) is 0 Å². The Labute approximate surface area is 154 Å². The van der Waals surface area contributed by atoms with Gasteiger partial charge in [-0.1, -0.05) is 6.07 Å². The fourth-order valence-corrected chi connectivity index (χ4v) is 3.50. The number of hydrogen-bond acceptors (Lipinski definition) is 6. The first-order valence-electron chi connectivity index (χ1n) is 8.99. The molecule has 3 heterocycles. The molecule has 3 aromatic rings. The number of hydrogen-bond donors (Lipinski definition) is 0. The smallest absolute Gasteiger partial charge is 0.139 e. The van der Waals surface area contributed by atoms with E-state index in [9.17, 15) is 0 Å². The summed E-state index contributed by atoms with van der Waals surface area (Å²) >= 11 is 0. The summed E-state index contributed by atoms with van der Waals surface area (Å²) in [5.74, 6) is 0.965. The van der Waals surface area contributed by atoms with E-state index in [1.807, 2.05) is 37.5 Å². The summed E-state index contributed by atoms with van der Waals surface area (Å²) in [5, 5.41) is 1.10. The highest BCUT2D eigenvalue weighted by Gasteiger charge is 2.18. The molecule has 0 amide bonds. The standard InChI is InChI=1S/C20H24N6/c1-24(2)20-18-12-17(5-6-19(18)22-15-23-20)26-10-8-25(9-11-26)14-16-4-3-7-21-13-16/h3-7,12-13,15H,8-11,14H2,1-2H3. The van der Waals surface area contributed by atoms with Crippen molar-refractivity contribution >= 4 is 22.4 Å². The number of fused-ring (bicyclic) bond motifs is 1. The number of piperazine rings is 1. The molecule has 0 unspecified atom stereocenters. The second kappa shape index (κ2) is 7.25. The molecule has 6 heteroatoms. The molecular weight excluding hydrogens is 324 g/mol. The van der Waals surface area contributed by atoms with E-state index >= 15 is 0 Å². The lowest BCUT2D eigenvalue weighted by molar-refractivity contribution is 0.249. The van der Waals surface area contributed by atoms with Gasteiger partial charge in [0.05, 0.1) is 5.52 Å². The van der Waals surface area contributed by atoms with Gasteiger partial charge in [0.2, 0.25) is 0 Å². The Morgan fingerprint density at radius 1 is 1.04 bits per heavy atom. The molecule has 0 spiro atoms. The molecular formula is C20H24N6. The van der Waals surface area contributed by atoms with E-state index in [1.54, 1.807) is 6.33 Å². The van der Waals surface area contributed by atoms with Crippen LogP contribution in [0, 0.1) is 0 Å². The third-order valence-corrected chi connectivity index (χ3v) is 4.89. The predicted molar refractivity (Wildman–Crippen MR) is 106 cm³/mol. The normalized spacial score (nSPS) is 15.4. The lowest BCUT2D eigenvalue weighted by atomic mass is 10.1. The molecule has 0 saturated carbocycles. The van der Waals surface area contributed by atoms with Gasteiger partial charge in [0.25, 0.3) is 0 Å². The van der Waals surface area contributed by atoms with Crippen molar-refractivity contribution in [3.05, 3.63) is 54.6 Å². The number of anilines is 2. The summed E-state index contributed by atoms with van der Waals surface area (Å²) in [6, 6.07) is 10.6. The Bertz CT molecular complexity index is 872. The molecule has 0 aliphatic carbocycles. The van der Waals surface area contributed by atoms with Gasteiger partial charge in [-0.25, -0.2) is 9.97 Å². The highest BCUT2D eigenvalue weighted by molar-refractivity contribution is 5.91. The minimum absolute atomic E-state index is 0.965. The number of pyridine rings is 1. The van der Waals surface area contributed by atoms with Crippen molar-refractivity contribution in [3.63, 3.8) is 0 Å². The second-order valence-corrected chi connectivity index (χ2v) is 6.92. The van der Waals surface area contributed by atoms with Crippen LogP contribution >= 0.6 is 0 Å². The van der Waals surface area contributed by atoms with Crippen LogP contribution in [0.3, 0.4) is 0 Å². The van der Waals surface area contributed by atoms with Crippen LogP contribution in [-0.2, 0) is 6.54 Å². The first kappa shape index (κ1) is 16.7. The zero-order chi connectivity index (χ0) is 17.9. The molecule has 4 rings (SSSR count). The highest BCUT2D eigenvalue weighted by atomic mass is 15.3. The zero-order valence-corrected chi connectivity index (χ0v) is 15.3. The Kier molecular flexibility index (Phi) is 4.67. The van der Waals surface area contributed by atoms with E-state index in [1.165, 1.54) is 11.3 Å². The van der Waals surface area contributed by atoms with Crippen molar-refractivity contribution < 1.29 is 0 Å². The zero-order valence-electron chi connectivity index (χ0n) is 15.3. The number of aromatic nitrogens is 3. The minimum atomic E-state index is 0.965. The highest BCUT2D eigenvalue weighted by Crippen LogP contribution is 2.27. The van der Waals surface area contributed by atoms with Crippen molar-refractivity contribution in [3.8, 4) is 0 Å². The van der Waals surface area contributed by atoms with Gasteiger partial charge in [-0.15, -0.1) is 0 Å². The Balaban J connectivity index is 1.48. The molecule has 0 bridgehead atoms. The molecule has 6 nitrogen and oxygen atoms in total. The van der Waals surface area contributed by atoms with Crippen LogP contribution in [0.5, 0.6) is 0 Å². The van der Waals surface area contributed by atoms with Gasteiger partial charge in [0.15, 0.2) is 0 Å². The van der Waals surface area contributed by atoms with Crippen LogP contribution in [0.1, 0.15) is 5.56 Å². The van der Waals surface area contributed by atoms with Gasteiger partial charge >= 0.3 is 0 Å². The second-order valence-electron chi connectivity index (χ2n) is 6.92. The molecule has 0 atom stereocenters. The van der Waals surface area contributed by atoms with Gasteiger partial charge in [0, 0.05) is 70.3 Å². The summed E-state index contributed by atoms with van der Waals surface area (Å²) < 4.78 is 0. The van der Waals surface area contributed by atoms with E-state index in [-0.39, 0.29) is 0 Å². The quantitative estimate of drug-likeness (QED) is 0.722. The van der Waals surface area contributed by atoms with E-state index in [0.717, 1.165) is 49.4 Å². The Morgan fingerprint density at radius 2 is 1.88 bits per heavy atom. The average Bonchev–Trinajstić information content (AvgIpc) is 2.68. The largest absolute Gasteiger partial charge is 0.369 e. The third kappa shape index (κ3) is 3.46. The monoisotopic (exact) mass is 348 g/mol. The maximum absolute atomic E-state index is 4.43. The van der Waals surface area contributed by atoms with Crippen molar-refractivity contribution in [1.29, 1.82) is 0 Å². The molecule has 0 N–H and O–H groups in total. The van der Waals surface area contributed by atoms with E-state index in [0.29, 0.717) is 0 Å². The fraction of sp³-hybridized carbons (Fsp3) is 0.350. The number of rotatable bonds is 4. The molecule has 134 valence electrons. The molecule has 1 fully saturated rings. The van der Waals surface area contributed by atoms with E-state index < -0.39 is 0 Å². The first-order valence-corrected chi connectivity index (χ1v) is 8.99. The predicted octanol–water partition coefficient (Wildman–Crippen LogP) is 2.41. The Morgan fingerprint density at radius 3 is 2.62 bits per heavy atom. The van der Waals surface area contributed by atoms with Gasteiger partial charge < -0.3 is 9.80 Å². The molecule has 1 aromatic carbocycles. The van der Waals surface area contributed by atoms with Crippen LogP contribution in [0.4, 0.5) is 11.5 Å². The van der Waals surface area contributed by atoms with Crippen LogP contribution < -0.4 is 9.80 Å². The topological polar surface area (TPSA) is 48.4 Å². The molecule has 0 radical (unpaired) electrons. The summed E-state index contributed by atoms with van der Waals surface area (Å²) in [5.41, 5.74) is 3.51. The van der Waals surface area contributed by atoms with Crippen LogP contribution in [0.2, 0.25) is 0 Å². The lowest BCUT2D eigenvalue weighted by Gasteiger charge is -2.36. The third-order valence-electron chi connectivity index (χ3n) is 4.89. The summed E-state index contributed by atoms with van der Waals surface area (Å²) in [6.07, 6.45) is 5.42. The molecule has 1 aliphatic rings. The van der Waals surface area contributed by atoms with Crippen molar-refractivity contribution in [2.75, 3.05) is 50.1 Å². The van der Waals surface area contributed by atoms with Gasteiger partial charge in [0.1, 0.15) is 12.1 Å². The summed E-state index contributed by atoms with van der Waals surface area (Å²) in [7, 11) is 4.04. The van der Waals surface area contributed by atoms with Gasteiger partial charge in [-0.05, 0) is 29.8 Å². The van der Waals surface area contributed by atoms with Crippen molar-refractivity contribution in [1.82, 2.24) is 19.9 Å². The maximum Gasteiger partial charge on any atom is 0.139 e. The summed E-state index contributed by atoms with van der Waals surface area (Å²) in [4.78, 5) is 20.0. The average molecular weight is 348 g/mol. The lowest BCUT2D eigenvalue weighted by Crippen LogP contribution is -2.45. The maximum atomic E-state index is 4.43. The van der Waals surface area contributed by atoms with Crippen molar-refractivity contribution in [2.45, 2.75) is 6.54 Å². The number of nitrogens with zero attached hydrogens (tertiary/aromatic N) is 6. The van der Waals surface area contributed by atoms with Crippen molar-refractivity contribution in [2.24, 2.45) is 0 Å². The van der Waals surface area contributed by atoms with Crippen LogP contribution in [0.25, 0.3) is 10.9 Å². The van der Waals surface area contributed by atoms with E-state index in [4.69, 9.17) is 0 Å².